The molecule has 26 heavy (non-hydrogen) atoms. The average molecular weight is 344 g/mol. The molecule has 0 saturated carbocycles. The maximum Gasteiger partial charge on any atom is 0.121 e. The highest BCUT2D eigenvalue weighted by atomic mass is 16.5. The summed E-state index contributed by atoms with van der Waals surface area (Å²) in [5, 5.41) is 0. The van der Waals surface area contributed by atoms with Crippen molar-refractivity contribution in [2.24, 2.45) is 0 Å². The molecule has 0 heterocycles. The molecule has 0 aliphatic rings. The largest absolute Gasteiger partial charge is 0.486 e. The molecule has 1 atom stereocenters. The Morgan fingerprint density at radius 3 is 1.96 bits per heavy atom. The topological polar surface area (TPSA) is 9.23 Å². The lowest BCUT2D eigenvalue weighted by atomic mass is 9.99. The van der Waals surface area contributed by atoms with E-state index in [1.165, 1.54) is 47.9 Å². The number of aryl methyl sites for hydroxylation is 1. The number of unbranched alkanes of at least 4 members (excludes halogenated alkanes) is 2. The first-order valence-electron chi connectivity index (χ1n) is 9.67. The van der Waals surface area contributed by atoms with Gasteiger partial charge in [0.05, 0.1) is 0 Å². The number of para-hydroxylation sites is 1. The summed E-state index contributed by atoms with van der Waals surface area (Å²) >= 11 is 0. The first-order chi connectivity index (χ1) is 12.8. The van der Waals surface area contributed by atoms with E-state index in [9.17, 15) is 0 Å². The number of hydrogen-bond donors (Lipinski definition) is 0. The minimum absolute atomic E-state index is 0.0346. The van der Waals surface area contributed by atoms with E-state index in [0.29, 0.717) is 0 Å². The second-order valence-corrected chi connectivity index (χ2v) is 6.85. The first kappa shape index (κ1) is 18.3. The summed E-state index contributed by atoms with van der Waals surface area (Å²) in [5.41, 5.74) is 5.14. The summed E-state index contributed by atoms with van der Waals surface area (Å²) in [6.07, 6.45) is 5.08. The zero-order valence-electron chi connectivity index (χ0n) is 15.8. The Morgan fingerprint density at radius 1 is 0.731 bits per heavy atom. The van der Waals surface area contributed by atoms with Crippen LogP contribution < -0.4 is 4.74 Å². The monoisotopic (exact) mass is 344 g/mol. The van der Waals surface area contributed by atoms with Crippen molar-refractivity contribution in [2.45, 2.75) is 45.6 Å². The van der Waals surface area contributed by atoms with Crippen LogP contribution in [0, 0.1) is 0 Å². The maximum absolute atomic E-state index is 6.01. The van der Waals surface area contributed by atoms with Crippen LogP contribution in [0.2, 0.25) is 0 Å². The van der Waals surface area contributed by atoms with Crippen LogP contribution in [0.15, 0.2) is 78.9 Å². The predicted molar refractivity (Wildman–Crippen MR) is 111 cm³/mol. The van der Waals surface area contributed by atoms with Crippen LogP contribution in [-0.4, -0.2) is 0 Å². The Labute approximate surface area is 157 Å². The number of benzene rings is 3. The Morgan fingerprint density at radius 2 is 1.35 bits per heavy atom. The third-order valence-electron chi connectivity index (χ3n) is 4.79. The molecule has 0 radical (unpaired) electrons. The van der Waals surface area contributed by atoms with Gasteiger partial charge in [-0.25, -0.2) is 0 Å². The molecule has 0 amide bonds. The fourth-order valence-electron chi connectivity index (χ4n) is 3.16. The third kappa shape index (κ3) is 4.98. The van der Waals surface area contributed by atoms with Crippen LogP contribution in [0.4, 0.5) is 0 Å². The first-order valence-corrected chi connectivity index (χ1v) is 9.67. The summed E-state index contributed by atoms with van der Waals surface area (Å²) in [5.74, 6) is 0.905. The van der Waals surface area contributed by atoms with Crippen molar-refractivity contribution in [1.29, 1.82) is 0 Å². The Kier molecular flexibility index (Phi) is 6.49. The van der Waals surface area contributed by atoms with Crippen LogP contribution >= 0.6 is 0 Å². The SMILES string of the molecule is CCCCCc1ccc(-c2ccc(C(C)Oc3ccccc3)cc2)cc1. The van der Waals surface area contributed by atoms with Gasteiger partial charge >= 0.3 is 0 Å². The molecule has 0 N–H and O–H groups in total. The molecule has 3 aromatic carbocycles. The molecule has 0 spiro atoms. The van der Waals surface area contributed by atoms with Gasteiger partial charge in [0.2, 0.25) is 0 Å². The highest BCUT2D eigenvalue weighted by Crippen LogP contribution is 2.25. The lowest BCUT2D eigenvalue weighted by Crippen LogP contribution is -2.02. The Balaban J connectivity index is 1.63. The summed E-state index contributed by atoms with van der Waals surface area (Å²) in [6.45, 7) is 4.34. The molecule has 134 valence electrons. The molecular formula is C25H28O. The zero-order chi connectivity index (χ0) is 18.2. The molecule has 0 aliphatic heterocycles. The average Bonchev–Trinajstić information content (AvgIpc) is 2.70. The van der Waals surface area contributed by atoms with Gasteiger partial charge in [-0.2, -0.15) is 0 Å². The zero-order valence-corrected chi connectivity index (χ0v) is 15.8. The number of rotatable bonds is 8. The van der Waals surface area contributed by atoms with Crippen LogP contribution in [0.25, 0.3) is 11.1 Å². The van der Waals surface area contributed by atoms with Crippen molar-refractivity contribution in [1.82, 2.24) is 0 Å². The molecule has 0 saturated heterocycles. The van der Waals surface area contributed by atoms with E-state index < -0.39 is 0 Å². The van der Waals surface area contributed by atoms with Crippen molar-refractivity contribution in [2.75, 3.05) is 0 Å². The van der Waals surface area contributed by atoms with E-state index in [-0.39, 0.29) is 6.10 Å². The van der Waals surface area contributed by atoms with Gasteiger partial charge in [-0.3, -0.25) is 0 Å². The van der Waals surface area contributed by atoms with Crippen LogP contribution in [-0.2, 0) is 6.42 Å². The van der Waals surface area contributed by atoms with Gasteiger partial charge in [0, 0.05) is 0 Å². The third-order valence-corrected chi connectivity index (χ3v) is 4.79. The van der Waals surface area contributed by atoms with Gasteiger partial charge in [-0.15, -0.1) is 0 Å². The van der Waals surface area contributed by atoms with Gasteiger partial charge in [-0.05, 0) is 54.2 Å². The van der Waals surface area contributed by atoms with Crippen molar-refractivity contribution < 1.29 is 4.74 Å². The van der Waals surface area contributed by atoms with E-state index in [2.05, 4.69) is 62.4 Å². The lowest BCUT2D eigenvalue weighted by molar-refractivity contribution is 0.227. The van der Waals surface area contributed by atoms with Gasteiger partial charge in [0.25, 0.3) is 0 Å². The molecule has 0 fully saturated rings. The van der Waals surface area contributed by atoms with Crippen molar-refractivity contribution >= 4 is 0 Å². The molecule has 0 bridgehead atoms. The quantitative estimate of drug-likeness (QED) is 0.392. The van der Waals surface area contributed by atoms with E-state index in [0.717, 1.165) is 5.75 Å². The van der Waals surface area contributed by atoms with Gasteiger partial charge in [0.15, 0.2) is 0 Å². The second kappa shape index (κ2) is 9.24. The predicted octanol–water partition coefficient (Wildman–Crippen LogP) is 7.23. The number of ether oxygens (including phenoxy) is 1. The molecular weight excluding hydrogens is 316 g/mol. The van der Waals surface area contributed by atoms with Gasteiger partial charge < -0.3 is 4.74 Å². The van der Waals surface area contributed by atoms with E-state index >= 15 is 0 Å². The van der Waals surface area contributed by atoms with Gasteiger partial charge in [0.1, 0.15) is 11.9 Å². The molecule has 0 aliphatic carbocycles. The summed E-state index contributed by atoms with van der Waals surface area (Å²) in [6, 6.07) is 27.7. The molecule has 1 nitrogen and oxygen atoms in total. The number of hydrogen-bond acceptors (Lipinski definition) is 1. The molecule has 1 unspecified atom stereocenters. The molecule has 3 rings (SSSR count). The Bertz CT molecular complexity index is 773. The van der Waals surface area contributed by atoms with E-state index in [1.54, 1.807) is 0 Å². The van der Waals surface area contributed by atoms with Gasteiger partial charge in [-0.1, -0.05) is 86.5 Å². The van der Waals surface area contributed by atoms with Crippen LogP contribution in [0.5, 0.6) is 5.75 Å². The maximum atomic E-state index is 6.01. The Hall–Kier alpha value is -2.54. The minimum Gasteiger partial charge on any atom is -0.486 e. The fourth-order valence-corrected chi connectivity index (χ4v) is 3.16. The molecule has 3 aromatic rings. The fraction of sp³-hybridized carbons (Fsp3) is 0.280. The second-order valence-electron chi connectivity index (χ2n) is 6.85. The van der Waals surface area contributed by atoms with E-state index in [1.807, 2.05) is 30.3 Å². The van der Waals surface area contributed by atoms with Crippen LogP contribution in [0.3, 0.4) is 0 Å². The van der Waals surface area contributed by atoms with Crippen molar-refractivity contribution in [3.05, 3.63) is 90.0 Å². The molecule has 1 heteroatoms. The highest BCUT2D eigenvalue weighted by molar-refractivity contribution is 5.64. The van der Waals surface area contributed by atoms with E-state index in [4.69, 9.17) is 4.74 Å². The van der Waals surface area contributed by atoms with Crippen molar-refractivity contribution in [3.63, 3.8) is 0 Å². The smallest absolute Gasteiger partial charge is 0.121 e. The molecule has 0 aromatic heterocycles. The summed E-state index contributed by atoms with van der Waals surface area (Å²) in [4.78, 5) is 0. The summed E-state index contributed by atoms with van der Waals surface area (Å²) < 4.78 is 6.01. The lowest BCUT2D eigenvalue weighted by Gasteiger charge is -2.15. The minimum atomic E-state index is 0.0346. The standard InChI is InChI=1S/C25H28O/c1-3-4-6-9-21-12-14-23(15-13-21)24-18-16-22(17-19-24)20(2)26-25-10-7-5-8-11-25/h5,7-8,10-20H,3-4,6,9H2,1-2H3. The summed E-state index contributed by atoms with van der Waals surface area (Å²) in [7, 11) is 0. The highest BCUT2D eigenvalue weighted by Gasteiger charge is 2.07. The van der Waals surface area contributed by atoms with Crippen LogP contribution in [0.1, 0.15) is 50.3 Å². The normalized spacial score (nSPS) is 11.9. The van der Waals surface area contributed by atoms with Crippen molar-refractivity contribution in [3.8, 4) is 16.9 Å².